The van der Waals surface area contributed by atoms with Gasteiger partial charge in [-0.05, 0) is 32.9 Å². The number of carbonyl (C=O) groups excluding carboxylic acids is 1. The van der Waals surface area contributed by atoms with Crippen molar-refractivity contribution >= 4 is 17.7 Å². The lowest BCUT2D eigenvalue weighted by Gasteiger charge is -2.15. The van der Waals surface area contributed by atoms with E-state index in [-0.39, 0.29) is 41.4 Å². The topological polar surface area (TPSA) is 131 Å². The normalized spacial score (nSPS) is 11.7. The number of anilines is 1. The maximum atomic E-state index is 12.5. The number of carboxylic acid groups (broad SMARTS) is 1. The summed E-state index contributed by atoms with van der Waals surface area (Å²) in [4.78, 5) is 31.4. The van der Waals surface area contributed by atoms with Crippen LogP contribution in [0.25, 0.3) is 0 Å². The van der Waals surface area contributed by atoms with Gasteiger partial charge in [-0.1, -0.05) is 0 Å². The van der Waals surface area contributed by atoms with E-state index in [2.05, 4.69) is 15.3 Å². The van der Waals surface area contributed by atoms with Crippen molar-refractivity contribution in [2.75, 3.05) is 11.9 Å². The van der Waals surface area contributed by atoms with Crippen molar-refractivity contribution in [3.8, 4) is 11.8 Å². The molecule has 27 heavy (non-hydrogen) atoms. The number of hydrogen-bond acceptors (Lipinski definition) is 7. The Hall–Kier alpha value is -3.20. The first-order chi connectivity index (χ1) is 12.8. The Morgan fingerprint density at radius 2 is 1.78 bits per heavy atom. The molecule has 0 saturated heterocycles. The smallest absolute Gasteiger partial charge is 0.337 e. The summed E-state index contributed by atoms with van der Waals surface area (Å²) in [5.41, 5.74) is 0.225. The van der Waals surface area contributed by atoms with E-state index in [1.807, 2.05) is 13.8 Å². The number of ether oxygens (including phenoxy) is 2. The summed E-state index contributed by atoms with van der Waals surface area (Å²) < 4.78 is 11.0. The number of carboxylic acids is 1. The molecule has 2 aromatic rings. The molecule has 9 heteroatoms. The predicted molar refractivity (Wildman–Crippen MR) is 96.3 cm³/mol. The molecule has 1 atom stereocenters. The highest BCUT2D eigenvalue weighted by atomic mass is 16.5. The van der Waals surface area contributed by atoms with Gasteiger partial charge in [0.1, 0.15) is 11.9 Å². The molecule has 144 valence electrons. The van der Waals surface area contributed by atoms with Gasteiger partial charge in [-0.2, -0.15) is 4.98 Å². The van der Waals surface area contributed by atoms with E-state index in [0.29, 0.717) is 0 Å². The molecule has 9 nitrogen and oxygen atoms in total. The van der Waals surface area contributed by atoms with Crippen LogP contribution >= 0.6 is 0 Å². The van der Waals surface area contributed by atoms with Crippen LogP contribution in [0.4, 0.5) is 5.82 Å². The molecule has 2 heterocycles. The van der Waals surface area contributed by atoms with Gasteiger partial charge in [0.05, 0.1) is 23.8 Å². The van der Waals surface area contributed by atoms with E-state index in [4.69, 9.17) is 19.7 Å². The van der Waals surface area contributed by atoms with Gasteiger partial charge in [0.2, 0.25) is 11.8 Å². The van der Waals surface area contributed by atoms with Crippen molar-refractivity contribution in [1.82, 2.24) is 9.97 Å². The third-order valence-corrected chi connectivity index (χ3v) is 3.23. The zero-order chi connectivity index (χ0) is 20.0. The van der Waals surface area contributed by atoms with Gasteiger partial charge < -0.3 is 25.0 Å². The summed E-state index contributed by atoms with van der Waals surface area (Å²) in [7, 11) is 0. The van der Waals surface area contributed by atoms with Gasteiger partial charge in [-0.15, -0.1) is 0 Å². The minimum absolute atomic E-state index is 0.0122. The first-order valence-electron chi connectivity index (χ1n) is 8.25. The van der Waals surface area contributed by atoms with Gasteiger partial charge >= 0.3 is 5.97 Å². The van der Waals surface area contributed by atoms with Crippen molar-refractivity contribution < 1.29 is 29.3 Å². The molecule has 3 N–H and O–H groups in total. The highest BCUT2D eigenvalue weighted by Crippen LogP contribution is 2.21. The average molecular weight is 375 g/mol. The van der Waals surface area contributed by atoms with Crippen molar-refractivity contribution in [2.45, 2.75) is 33.0 Å². The summed E-state index contributed by atoms with van der Waals surface area (Å²) in [5, 5.41) is 20.6. The summed E-state index contributed by atoms with van der Waals surface area (Å²) in [5.74, 6) is -1.08. The second-order valence-corrected chi connectivity index (χ2v) is 6.00. The Morgan fingerprint density at radius 1 is 1.11 bits per heavy atom. The standard InChI is InChI=1S/C18H21N3O6/c1-10(2)26-15-6-13(7-16(21-15)27-11(3)9-22)17(23)20-14-5-4-12(8-19-14)18(24)25/h4-8,10-11,22H,9H2,1-3H3,(H,24,25)(H,19,20,23)/t11-/m1/s1. The van der Waals surface area contributed by atoms with E-state index in [1.165, 1.54) is 24.3 Å². The van der Waals surface area contributed by atoms with Gasteiger partial charge in [-0.3, -0.25) is 4.79 Å². The van der Waals surface area contributed by atoms with Crippen molar-refractivity contribution in [2.24, 2.45) is 0 Å². The van der Waals surface area contributed by atoms with Crippen LogP contribution in [0, 0.1) is 0 Å². The fraction of sp³-hybridized carbons (Fsp3) is 0.333. The van der Waals surface area contributed by atoms with Crippen molar-refractivity contribution in [3.05, 3.63) is 41.6 Å². The fourth-order valence-electron chi connectivity index (χ4n) is 2.00. The molecule has 0 radical (unpaired) electrons. The summed E-state index contributed by atoms with van der Waals surface area (Å²) in [6, 6.07) is 5.60. The lowest BCUT2D eigenvalue weighted by atomic mass is 10.2. The molecule has 0 saturated carbocycles. The van der Waals surface area contributed by atoms with E-state index >= 15 is 0 Å². The molecule has 0 aromatic carbocycles. The van der Waals surface area contributed by atoms with Gasteiger partial charge in [0.25, 0.3) is 5.91 Å². The van der Waals surface area contributed by atoms with E-state index < -0.39 is 18.0 Å². The van der Waals surface area contributed by atoms with Gasteiger partial charge in [0, 0.05) is 18.3 Å². The number of aromatic nitrogens is 2. The summed E-state index contributed by atoms with van der Waals surface area (Å²) >= 11 is 0. The number of aromatic carboxylic acids is 1. The predicted octanol–water partition coefficient (Wildman–Crippen LogP) is 1.97. The van der Waals surface area contributed by atoms with E-state index in [9.17, 15) is 9.59 Å². The minimum atomic E-state index is -1.11. The van der Waals surface area contributed by atoms with E-state index in [0.717, 1.165) is 6.20 Å². The Bertz CT molecular complexity index is 807. The van der Waals surface area contributed by atoms with Crippen LogP contribution in [0.2, 0.25) is 0 Å². The first-order valence-corrected chi connectivity index (χ1v) is 8.25. The number of aliphatic hydroxyl groups excluding tert-OH is 1. The first kappa shape index (κ1) is 20.1. The van der Waals surface area contributed by atoms with E-state index in [1.54, 1.807) is 6.92 Å². The molecular weight excluding hydrogens is 354 g/mol. The lowest BCUT2D eigenvalue weighted by Crippen LogP contribution is -2.19. The van der Waals surface area contributed by atoms with Gasteiger partial charge in [-0.25, -0.2) is 9.78 Å². The monoisotopic (exact) mass is 375 g/mol. The zero-order valence-electron chi connectivity index (χ0n) is 15.2. The summed E-state index contributed by atoms with van der Waals surface area (Å²) in [6.07, 6.45) is 0.479. The highest BCUT2D eigenvalue weighted by molar-refractivity contribution is 6.04. The van der Waals surface area contributed by atoms with Crippen LogP contribution in [0.1, 0.15) is 41.5 Å². The Morgan fingerprint density at radius 3 is 2.30 bits per heavy atom. The largest absolute Gasteiger partial charge is 0.478 e. The number of rotatable bonds is 8. The maximum Gasteiger partial charge on any atom is 0.337 e. The second kappa shape index (κ2) is 8.95. The van der Waals surface area contributed by atoms with Crippen LogP contribution in [0.15, 0.2) is 30.5 Å². The number of carbonyl (C=O) groups is 2. The second-order valence-electron chi connectivity index (χ2n) is 6.00. The van der Waals surface area contributed by atoms with Crippen LogP contribution in [0.3, 0.4) is 0 Å². The Labute approximate surface area is 156 Å². The molecule has 0 bridgehead atoms. The molecule has 0 aliphatic carbocycles. The summed E-state index contributed by atoms with van der Waals surface area (Å²) in [6.45, 7) is 5.09. The van der Waals surface area contributed by atoms with Gasteiger partial charge in [0.15, 0.2) is 0 Å². The minimum Gasteiger partial charge on any atom is -0.478 e. The van der Waals surface area contributed by atoms with Crippen LogP contribution in [-0.2, 0) is 0 Å². The third kappa shape index (κ3) is 5.93. The average Bonchev–Trinajstić information content (AvgIpc) is 2.61. The fourth-order valence-corrected chi connectivity index (χ4v) is 2.00. The lowest BCUT2D eigenvalue weighted by molar-refractivity contribution is 0.0696. The molecular formula is C18H21N3O6. The molecule has 2 rings (SSSR count). The molecule has 2 aromatic heterocycles. The number of nitrogens with one attached hydrogen (secondary N) is 1. The number of nitrogens with zero attached hydrogens (tertiary/aromatic N) is 2. The molecule has 1 amide bonds. The van der Waals surface area contributed by atoms with Crippen molar-refractivity contribution in [1.29, 1.82) is 0 Å². The maximum absolute atomic E-state index is 12.5. The number of aliphatic hydroxyl groups is 1. The quantitative estimate of drug-likeness (QED) is 0.638. The highest BCUT2D eigenvalue weighted by Gasteiger charge is 2.15. The third-order valence-electron chi connectivity index (χ3n) is 3.23. The molecule has 0 aliphatic heterocycles. The number of hydrogen-bond donors (Lipinski definition) is 3. The van der Waals surface area contributed by atoms with Crippen LogP contribution < -0.4 is 14.8 Å². The number of amides is 1. The molecule has 0 spiro atoms. The Kier molecular flexibility index (Phi) is 6.67. The molecule has 0 unspecified atom stereocenters. The SMILES string of the molecule is CC(C)Oc1cc(C(=O)Nc2ccc(C(=O)O)cn2)cc(O[C@H](C)CO)n1. The molecule has 0 aliphatic rings. The number of pyridine rings is 2. The van der Waals surface area contributed by atoms with Crippen LogP contribution in [-0.4, -0.2) is 50.9 Å². The Balaban J connectivity index is 2.24. The van der Waals surface area contributed by atoms with Crippen LogP contribution in [0.5, 0.6) is 11.8 Å². The zero-order valence-corrected chi connectivity index (χ0v) is 15.2. The molecule has 0 fully saturated rings. The van der Waals surface area contributed by atoms with Crippen molar-refractivity contribution in [3.63, 3.8) is 0 Å².